The van der Waals surface area contributed by atoms with E-state index in [4.69, 9.17) is 0 Å². The van der Waals surface area contributed by atoms with Crippen LogP contribution in [0.5, 0.6) is 0 Å². The van der Waals surface area contributed by atoms with Gasteiger partial charge >= 0.3 is 0 Å². The number of hydrogen-bond acceptors (Lipinski definition) is 2. The third-order valence-electron chi connectivity index (χ3n) is 5.78. The Labute approximate surface area is 160 Å². The van der Waals surface area contributed by atoms with Crippen molar-refractivity contribution in [3.63, 3.8) is 0 Å². The molecule has 2 aliphatic rings. The lowest BCUT2D eigenvalue weighted by Gasteiger charge is -2.29. The van der Waals surface area contributed by atoms with Gasteiger partial charge in [0.05, 0.1) is 5.41 Å². The largest absolute Gasteiger partial charge is 0.335 e. The SMILES string of the molecule is CN1C(=O)[C@@](CCC(=O)N2CC=CC2)(Cc2ccccc2)c2ccccc21. The quantitative estimate of drug-likeness (QED) is 0.768. The van der Waals surface area contributed by atoms with Gasteiger partial charge in [0.1, 0.15) is 0 Å². The van der Waals surface area contributed by atoms with Crippen LogP contribution in [0.2, 0.25) is 0 Å². The van der Waals surface area contributed by atoms with Crippen molar-refractivity contribution in [1.29, 1.82) is 0 Å². The highest BCUT2D eigenvalue weighted by Crippen LogP contribution is 2.46. The van der Waals surface area contributed by atoms with Gasteiger partial charge in [-0.3, -0.25) is 9.59 Å². The molecule has 2 aromatic rings. The molecule has 0 aromatic heterocycles. The fourth-order valence-electron chi connectivity index (χ4n) is 4.32. The second kappa shape index (κ2) is 7.03. The zero-order chi connectivity index (χ0) is 18.9. The van der Waals surface area contributed by atoms with E-state index in [0.29, 0.717) is 32.4 Å². The molecular weight excluding hydrogens is 336 g/mol. The van der Waals surface area contributed by atoms with Gasteiger partial charge in [-0.2, -0.15) is 0 Å². The lowest BCUT2D eigenvalue weighted by Crippen LogP contribution is -2.42. The van der Waals surface area contributed by atoms with Gasteiger partial charge in [0, 0.05) is 32.2 Å². The normalized spacial score (nSPS) is 21.0. The molecule has 1 atom stereocenters. The molecule has 0 bridgehead atoms. The summed E-state index contributed by atoms with van der Waals surface area (Å²) in [6.07, 6.45) is 5.54. The number of fused-ring (bicyclic) bond motifs is 1. The van der Waals surface area contributed by atoms with Crippen molar-refractivity contribution in [2.24, 2.45) is 0 Å². The number of carbonyl (C=O) groups excluding carboxylic acids is 2. The predicted molar refractivity (Wildman–Crippen MR) is 107 cm³/mol. The summed E-state index contributed by atoms with van der Waals surface area (Å²) >= 11 is 0. The highest BCUT2D eigenvalue weighted by molar-refractivity contribution is 6.08. The maximum Gasteiger partial charge on any atom is 0.237 e. The van der Waals surface area contributed by atoms with Crippen LogP contribution in [0.15, 0.2) is 66.7 Å². The maximum atomic E-state index is 13.4. The zero-order valence-electron chi connectivity index (χ0n) is 15.6. The molecule has 0 spiro atoms. The van der Waals surface area contributed by atoms with Crippen molar-refractivity contribution >= 4 is 17.5 Å². The van der Waals surface area contributed by atoms with E-state index in [1.807, 2.05) is 66.6 Å². The van der Waals surface area contributed by atoms with Gasteiger partial charge in [-0.15, -0.1) is 0 Å². The molecule has 2 aliphatic heterocycles. The van der Waals surface area contributed by atoms with Crippen molar-refractivity contribution in [3.05, 3.63) is 77.9 Å². The summed E-state index contributed by atoms with van der Waals surface area (Å²) in [5.41, 5.74) is 2.42. The molecule has 4 nitrogen and oxygen atoms in total. The molecule has 27 heavy (non-hydrogen) atoms. The Morgan fingerprint density at radius 3 is 2.41 bits per heavy atom. The maximum absolute atomic E-state index is 13.4. The average molecular weight is 360 g/mol. The van der Waals surface area contributed by atoms with Crippen LogP contribution in [0.3, 0.4) is 0 Å². The summed E-state index contributed by atoms with van der Waals surface area (Å²) in [7, 11) is 1.83. The van der Waals surface area contributed by atoms with Crippen molar-refractivity contribution in [2.45, 2.75) is 24.7 Å². The van der Waals surface area contributed by atoms with E-state index >= 15 is 0 Å². The molecule has 0 aliphatic carbocycles. The number of likely N-dealkylation sites (N-methyl/N-ethyl adjacent to an activating group) is 1. The third kappa shape index (κ3) is 3.05. The standard InChI is InChI=1S/C23H24N2O2/c1-24-20-12-6-5-11-19(20)23(22(24)27,17-18-9-3-2-4-10-18)14-13-21(26)25-15-7-8-16-25/h2-12H,13-17H2,1H3/t23-/m0/s1. The second-order valence-corrected chi connectivity index (χ2v) is 7.40. The van der Waals surface area contributed by atoms with E-state index in [1.165, 1.54) is 0 Å². The van der Waals surface area contributed by atoms with E-state index in [-0.39, 0.29) is 11.8 Å². The molecule has 0 saturated heterocycles. The van der Waals surface area contributed by atoms with Crippen LogP contribution in [-0.4, -0.2) is 36.9 Å². The highest BCUT2D eigenvalue weighted by atomic mass is 16.2. The molecule has 0 saturated carbocycles. The Morgan fingerprint density at radius 1 is 1.00 bits per heavy atom. The summed E-state index contributed by atoms with van der Waals surface area (Å²) < 4.78 is 0. The van der Waals surface area contributed by atoms with Gasteiger partial charge in [-0.25, -0.2) is 0 Å². The number of nitrogens with zero attached hydrogens (tertiary/aromatic N) is 2. The number of para-hydroxylation sites is 1. The number of carbonyl (C=O) groups is 2. The molecule has 0 N–H and O–H groups in total. The molecule has 0 unspecified atom stereocenters. The highest BCUT2D eigenvalue weighted by Gasteiger charge is 2.49. The van der Waals surface area contributed by atoms with Crippen molar-refractivity contribution in [3.8, 4) is 0 Å². The fraction of sp³-hybridized carbons (Fsp3) is 0.304. The smallest absolute Gasteiger partial charge is 0.237 e. The van der Waals surface area contributed by atoms with Crippen LogP contribution in [0.25, 0.3) is 0 Å². The first-order valence-corrected chi connectivity index (χ1v) is 9.46. The monoisotopic (exact) mass is 360 g/mol. The summed E-state index contributed by atoms with van der Waals surface area (Å²) in [6, 6.07) is 18.1. The number of hydrogen-bond donors (Lipinski definition) is 0. The van der Waals surface area contributed by atoms with E-state index in [2.05, 4.69) is 12.1 Å². The Kier molecular flexibility index (Phi) is 4.56. The van der Waals surface area contributed by atoms with Crippen LogP contribution < -0.4 is 4.90 Å². The predicted octanol–water partition coefficient (Wildman–Crippen LogP) is 3.32. The van der Waals surface area contributed by atoms with Crippen LogP contribution in [0.4, 0.5) is 5.69 Å². The minimum absolute atomic E-state index is 0.0832. The number of rotatable bonds is 5. The molecule has 138 valence electrons. The van der Waals surface area contributed by atoms with Gasteiger partial charge < -0.3 is 9.80 Å². The van der Waals surface area contributed by atoms with E-state index in [1.54, 1.807) is 4.90 Å². The van der Waals surface area contributed by atoms with Crippen LogP contribution in [0, 0.1) is 0 Å². The Balaban J connectivity index is 1.68. The van der Waals surface area contributed by atoms with Crippen LogP contribution >= 0.6 is 0 Å². The summed E-state index contributed by atoms with van der Waals surface area (Å²) in [5.74, 6) is 0.201. The molecule has 0 radical (unpaired) electrons. The average Bonchev–Trinajstić information content (AvgIpc) is 3.31. The van der Waals surface area contributed by atoms with Gasteiger partial charge in [0.15, 0.2) is 0 Å². The Bertz CT molecular complexity index is 882. The minimum Gasteiger partial charge on any atom is -0.335 e. The number of anilines is 1. The summed E-state index contributed by atoms with van der Waals surface area (Å²) in [4.78, 5) is 29.7. The van der Waals surface area contributed by atoms with E-state index in [0.717, 1.165) is 16.8 Å². The molecule has 2 heterocycles. The van der Waals surface area contributed by atoms with Crippen LogP contribution in [0.1, 0.15) is 24.0 Å². The van der Waals surface area contributed by atoms with Gasteiger partial charge in [-0.05, 0) is 30.0 Å². The molecule has 0 fully saturated rings. The van der Waals surface area contributed by atoms with Gasteiger partial charge in [-0.1, -0.05) is 60.7 Å². The van der Waals surface area contributed by atoms with Crippen molar-refractivity contribution in [1.82, 2.24) is 4.90 Å². The fourth-order valence-corrected chi connectivity index (χ4v) is 4.32. The van der Waals surface area contributed by atoms with Crippen molar-refractivity contribution < 1.29 is 9.59 Å². The summed E-state index contributed by atoms with van der Waals surface area (Å²) in [5, 5.41) is 0. The lowest BCUT2D eigenvalue weighted by molar-refractivity contribution is -0.130. The first kappa shape index (κ1) is 17.5. The van der Waals surface area contributed by atoms with E-state index in [9.17, 15) is 9.59 Å². The Morgan fingerprint density at radius 2 is 1.67 bits per heavy atom. The summed E-state index contributed by atoms with van der Waals surface area (Å²) in [6.45, 7) is 1.35. The Hall–Kier alpha value is -2.88. The molecule has 2 amide bonds. The molecule has 4 heteroatoms. The minimum atomic E-state index is -0.685. The van der Waals surface area contributed by atoms with Gasteiger partial charge in [0.2, 0.25) is 11.8 Å². The first-order valence-electron chi connectivity index (χ1n) is 9.46. The van der Waals surface area contributed by atoms with Crippen LogP contribution in [-0.2, 0) is 21.4 Å². The number of benzene rings is 2. The third-order valence-corrected chi connectivity index (χ3v) is 5.78. The zero-order valence-corrected chi connectivity index (χ0v) is 15.6. The van der Waals surface area contributed by atoms with Gasteiger partial charge in [0.25, 0.3) is 0 Å². The lowest BCUT2D eigenvalue weighted by atomic mass is 9.73. The first-order chi connectivity index (χ1) is 13.1. The second-order valence-electron chi connectivity index (χ2n) is 7.40. The molecular formula is C23H24N2O2. The molecule has 2 aromatic carbocycles. The number of amides is 2. The van der Waals surface area contributed by atoms with Crippen molar-refractivity contribution in [2.75, 3.05) is 25.0 Å². The molecule has 4 rings (SSSR count). The van der Waals surface area contributed by atoms with E-state index < -0.39 is 5.41 Å². The topological polar surface area (TPSA) is 40.6 Å².